The van der Waals surface area contributed by atoms with Crippen LogP contribution in [0, 0.1) is 16.0 Å². The molecule has 0 saturated carbocycles. The summed E-state index contributed by atoms with van der Waals surface area (Å²) in [5.41, 5.74) is 0.431. The van der Waals surface area contributed by atoms with E-state index in [1.165, 1.54) is 6.07 Å². The van der Waals surface area contributed by atoms with Gasteiger partial charge in [-0.1, -0.05) is 17.7 Å². The third-order valence-electron chi connectivity index (χ3n) is 3.53. The number of nitrogens with zero attached hydrogens (tertiary/aromatic N) is 2. The lowest BCUT2D eigenvalue weighted by Crippen LogP contribution is -2.38. The molecule has 0 radical (unpaired) electrons. The molecule has 1 atom stereocenters. The largest absolute Gasteiger partial charge is 0.481 e. The smallest absolute Gasteiger partial charge is 0.307 e. The van der Waals surface area contributed by atoms with Crippen molar-refractivity contribution in [2.75, 3.05) is 13.1 Å². The number of nitro groups is 1. The van der Waals surface area contributed by atoms with E-state index in [0.717, 1.165) is 13.0 Å². The van der Waals surface area contributed by atoms with Gasteiger partial charge in [0, 0.05) is 19.2 Å². The monoisotopic (exact) mass is 298 g/mol. The summed E-state index contributed by atoms with van der Waals surface area (Å²) >= 11 is 6.04. The summed E-state index contributed by atoms with van der Waals surface area (Å²) in [4.78, 5) is 23.5. The van der Waals surface area contributed by atoms with Crippen LogP contribution >= 0.6 is 11.6 Å². The van der Waals surface area contributed by atoms with E-state index in [1.54, 1.807) is 12.1 Å². The molecule has 1 heterocycles. The standard InChI is InChI=1S/C13H15ClN2O4/c14-11-4-1-5-12(16(19)20)10(11)8-15-6-2-3-9(7-15)13(17)18/h1,4-5,9H,2-3,6-8H2,(H,17,18). The summed E-state index contributed by atoms with van der Waals surface area (Å²) in [5, 5.41) is 20.4. The number of hydrogen-bond acceptors (Lipinski definition) is 4. The fourth-order valence-corrected chi connectivity index (χ4v) is 2.73. The van der Waals surface area contributed by atoms with Gasteiger partial charge in [-0.2, -0.15) is 0 Å². The van der Waals surface area contributed by atoms with Crippen LogP contribution in [-0.2, 0) is 11.3 Å². The molecule has 1 N–H and O–H groups in total. The molecule has 0 aromatic heterocycles. The van der Waals surface area contributed by atoms with Gasteiger partial charge in [-0.15, -0.1) is 0 Å². The minimum atomic E-state index is -0.816. The van der Waals surface area contributed by atoms with E-state index >= 15 is 0 Å². The molecular formula is C13H15ClN2O4. The first-order valence-corrected chi connectivity index (χ1v) is 6.73. The van der Waals surface area contributed by atoms with Crippen LogP contribution in [0.4, 0.5) is 5.69 Å². The van der Waals surface area contributed by atoms with E-state index in [1.807, 2.05) is 4.90 Å². The van der Waals surface area contributed by atoms with E-state index in [0.29, 0.717) is 30.1 Å². The molecule has 1 aromatic rings. The zero-order valence-corrected chi connectivity index (χ0v) is 11.5. The number of halogens is 1. The molecule has 1 saturated heterocycles. The zero-order valence-electron chi connectivity index (χ0n) is 10.8. The van der Waals surface area contributed by atoms with Crippen LogP contribution in [0.2, 0.25) is 5.02 Å². The number of piperidine rings is 1. The molecule has 0 amide bonds. The second kappa shape index (κ2) is 6.19. The molecule has 1 unspecified atom stereocenters. The first-order valence-electron chi connectivity index (χ1n) is 6.36. The Morgan fingerprint density at radius 2 is 2.30 bits per heavy atom. The Morgan fingerprint density at radius 3 is 2.95 bits per heavy atom. The lowest BCUT2D eigenvalue weighted by Gasteiger charge is -2.30. The first-order chi connectivity index (χ1) is 9.49. The van der Waals surface area contributed by atoms with Gasteiger partial charge in [0.05, 0.1) is 21.4 Å². The van der Waals surface area contributed by atoms with E-state index in [4.69, 9.17) is 16.7 Å². The van der Waals surface area contributed by atoms with Crippen molar-refractivity contribution in [1.29, 1.82) is 0 Å². The molecule has 6 nitrogen and oxygen atoms in total. The minimum absolute atomic E-state index is 0.0186. The van der Waals surface area contributed by atoms with Crippen molar-refractivity contribution in [2.45, 2.75) is 19.4 Å². The van der Waals surface area contributed by atoms with Crippen LogP contribution in [0.25, 0.3) is 0 Å². The number of benzene rings is 1. The maximum Gasteiger partial charge on any atom is 0.307 e. The summed E-state index contributed by atoms with van der Waals surface area (Å²) in [6.45, 7) is 1.43. The van der Waals surface area contributed by atoms with Crippen molar-refractivity contribution in [3.8, 4) is 0 Å². The summed E-state index contributed by atoms with van der Waals surface area (Å²) < 4.78 is 0. The third kappa shape index (κ3) is 3.26. The van der Waals surface area contributed by atoms with Crippen molar-refractivity contribution >= 4 is 23.3 Å². The maximum atomic E-state index is 11.0. The van der Waals surface area contributed by atoms with Crippen LogP contribution in [0.3, 0.4) is 0 Å². The van der Waals surface area contributed by atoms with Gasteiger partial charge in [0.1, 0.15) is 0 Å². The Kier molecular flexibility index (Phi) is 4.57. The summed E-state index contributed by atoms with van der Waals surface area (Å²) in [6, 6.07) is 4.57. The van der Waals surface area contributed by atoms with Crippen molar-refractivity contribution in [2.24, 2.45) is 5.92 Å². The number of nitro benzene ring substituents is 1. The fraction of sp³-hybridized carbons (Fsp3) is 0.462. The van der Waals surface area contributed by atoms with Gasteiger partial charge < -0.3 is 5.11 Å². The van der Waals surface area contributed by atoms with Gasteiger partial charge in [0.2, 0.25) is 0 Å². The Labute approximate surface area is 121 Å². The van der Waals surface area contributed by atoms with Crippen molar-refractivity contribution in [3.05, 3.63) is 38.9 Å². The second-order valence-electron chi connectivity index (χ2n) is 4.91. The summed E-state index contributed by atoms with van der Waals surface area (Å²) in [6.07, 6.45) is 1.42. The highest BCUT2D eigenvalue weighted by atomic mass is 35.5. The predicted octanol–water partition coefficient (Wildman–Crippen LogP) is 2.54. The fourth-order valence-electron chi connectivity index (χ4n) is 2.50. The molecule has 20 heavy (non-hydrogen) atoms. The Balaban J connectivity index is 2.17. The predicted molar refractivity (Wildman–Crippen MR) is 73.7 cm³/mol. The van der Waals surface area contributed by atoms with Crippen molar-refractivity contribution in [1.82, 2.24) is 4.90 Å². The number of carbonyl (C=O) groups is 1. The maximum absolute atomic E-state index is 11.0. The van der Waals surface area contributed by atoms with Crippen LogP contribution in [0.15, 0.2) is 18.2 Å². The number of likely N-dealkylation sites (tertiary alicyclic amines) is 1. The molecule has 0 aliphatic carbocycles. The normalized spacial score (nSPS) is 19.8. The molecule has 1 aromatic carbocycles. The lowest BCUT2D eigenvalue weighted by molar-refractivity contribution is -0.385. The molecule has 108 valence electrons. The molecule has 0 spiro atoms. The number of rotatable bonds is 4. The van der Waals surface area contributed by atoms with Crippen molar-refractivity contribution in [3.63, 3.8) is 0 Å². The highest BCUT2D eigenvalue weighted by molar-refractivity contribution is 6.31. The molecule has 0 bridgehead atoms. The number of carboxylic acid groups (broad SMARTS) is 1. The second-order valence-corrected chi connectivity index (χ2v) is 5.31. The number of aliphatic carboxylic acids is 1. The highest BCUT2D eigenvalue weighted by Gasteiger charge is 2.27. The van der Waals surface area contributed by atoms with Crippen molar-refractivity contribution < 1.29 is 14.8 Å². The van der Waals surface area contributed by atoms with Gasteiger partial charge in [-0.3, -0.25) is 19.8 Å². The summed E-state index contributed by atoms with van der Waals surface area (Å²) in [5.74, 6) is -1.23. The Hall–Kier alpha value is -1.66. The molecule has 1 aliphatic heterocycles. The van der Waals surface area contributed by atoms with E-state index in [9.17, 15) is 14.9 Å². The Bertz CT molecular complexity index is 535. The van der Waals surface area contributed by atoms with E-state index < -0.39 is 16.8 Å². The van der Waals surface area contributed by atoms with Gasteiger partial charge in [-0.25, -0.2) is 0 Å². The topological polar surface area (TPSA) is 83.7 Å². The quantitative estimate of drug-likeness (QED) is 0.682. The number of hydrogen-bond donors (Lipinski definition) is 1. The molecule has 1 aliphatic rings. The van der Waals surface area contributed by atoms with Crippen LogP contribution < -0.4 is 0 Å². The minimum Gasteiger partial charge on any atom is -0.481 e. The third-order valence-corrected chi connectivity index (χ3v) is 3.88. The SMILES string of the molecule is O=C(O)C1CCCN(Cc2c(Cl)cccc2[N+](=O)[O-])C1. The van der Waals surface area contributed by atoms with Gasteiger partial charge >= 0.3 is 5.97 Å². The molecular weight excluding hydrogens is 284 g/mol. The molecule has 7 heteroatoms. The first kappa shape index (κ1) is 14.7. The summed E-state index contributed by atoms with van der Waals surface area (Å²) in [7, 11) is 0. The lowest BCUT2D eigenvalue weighted by atomic mass is 9.97. The average molecular weight is 299 g/mol. The highest BCUT2D eigenvalue weighted by Crippen LogP contribution is 2.29. The van der Waals surface area contributed by atoms with E-state index in [2.05, 4.69) is 0 Å². The Morgan fingerprint density at radius 1 is 1.55 bits per heavy atom. The van der Waals surface area contributed by atoms with Crippen LogP contribution in [0.5, 0.6) is 0 Å². The average Bonchev–Trinajstić information content (AvgIpc) is 2.41. The van der Waals surface area contributed by atoms with Gasteiger partial charge in [0.15, 0.2) is 0 Å². The van der Waals surface area contributed by atoms with Gasteiger partial charge in [0.25, 0.3) is 5.69 Å². The molecule has 2 rings (SSSR count). The number of carboxylic acids is 1. The van der Waals surface area contributed by atoms with Crippen LogP contribution in [0.1, 0.15) is 18.4 Å². The van der Waals surface area contributed by atoms with Crippen LogP contribution in [-0.4, -0.2) is 34.0 Å². The zero-order chi connectivity index (χ0) is 14.7. The van der Waals surface area contributed by atoms with Gasteiger partial charge in [-0.05, 0) is 25.5 Å². The molecule has 1 fully saturated rings. The van der Waals surface area contributed by atoms with E-state index in [-0.39, 0.29) is 5.69 Å².